The smallest absolute Gasteiger partial charge is 0.223 e. The van der Waals surface area contributed by atoms with Crippen LogP contribution in [0.5, 0.6) is 0 Å². The van der Waals surface area contributed by atoms with E-state index in [9.17, 15) is 4.79 Å². The van der Waals surface area contributed by atoms with E-state index in [0.29, 0.717) is 5.92 Å². The Morgan fingerprint density at radius 3 is 2.57 bits per heavy atom. The molecule has 1 amide bonds. The maximum atomic E-state index is 12.3. The van der Waals surface area contributed by atoms with Gasteiger partial charge in [-0.05, 0) is 44.9 Å². The van der Waals surface area contributed by atoms with Gasteiger partial charge in [-0.25, -0.2) is 4.98 Å². The van der Waals surface area contributed by atoms with Gasteiger partial charge >= 0.3 is 0 Å². The van der Waals surface area contributed by atoms with Crippen molar-refractivity contribution >= 4 is 42.1 Å². The number of nitrogens with zero attached hydrogens (tertiary/aromatic N) is 1. The highest BCUT2D eigenvalue weighted by atomic mass is 35.5. The molecular weight excluding hydrogens is 329 g/mol. The van der Waals surface area contributed by atoms with Gasteiger partial charge in [-0.2, -0.15) is 0 Å². The molecule has 0 saturated heterocycles. The van der Waals surface area contributed by atoms with Gasteiger partial charge < -0.3 is 11.1 Å². The van der Waals surface area contributed by atoms with Crippen LogP contribution in [0.25, 0.3) is 0 Å². The minimum atomic E-state index is 0. The first-order chi connectivity index (χ1) is 9.13. The monoisotopic (exact) mass is 351 g/mol. The van der Waals surface area contributed by atoms with Crippen LogP contribution in [0.2, 0.25) is 0 Å². The van der Waals surface area contributed by atoms with Gasteiger partial charge in [0.15, 0.2) is 0 Å². The van der Waals surface area contributed by atoms with E-state index in [-0.39, 0.29) is 48.7 Å². The second-order valence-electron chi connectivity index (χ2n) is 5.92. The number of halogens is 2. The zero-order valence-electron chi connectivity index (χ0n) is 12.1. The van der Waals surface area contributed by atoms with E-state index < -0.39 is 0 Å². The van der Waals surface area contributed by atoms with Gasteiger partial charge in [0, 0.05) is 23.0 Å². The van der Waals surface area contributed by atoms with E-state index in [1.165, 1.54) is 12.8 Å². The molecule has 2 saturated carbocycles. The highest BCUT2D eigenvalue weighted by molar-refractivity contribution is 7.09. The summed E-state index contributed by atoms with van der Waals surface area (Å²) < 4.78 is 0. The molecule has 2 aliphatic carbocycles. The largest absolute Gasteiger partial charge is 0.346 e. The number of nitrogens with one attached hydrogen (secondary N) is 1. The van der Waals surface area contributed by atoms with Gasteiger partial charge in [0.25, 0.3) is 0 Å². The van der Waals surface area contributed by atoms with E-state index in [1.807, 2.05) is 6.92 Å². The topological polar surface area (TPSA) is 68.0 Å². The number of carbonyl (C=O) groups excluding carboxylic acids is 1. The average molecular weight is 352 g/mol. The standard InChI is InChI=1S/C14H21N3OS.2ClH/c1-8-7-19-14(16-8)12(9-2-3-9)17-13(18)10-4-5-11(15)6-10;;/h7,9-12H,2-6,15H2,1H3,(H,17,18);2*1H. The number of rotatable bonds is 4. The summed E-state index contributed by atoms with van der Waals surface area (Å²) in [5.41, 5.74) is 6.93. The third-order valence-corrected chi connectivity index (χ3v) is 5.18. The first-order valence-corrected chi connectivity index (χ1v) is 7.99. The summed E-state index contributed by atoms with van der Waals surface area (Å²) >= 11 is 1.66. The zero-order chi connectivity index (χ0) is 13.4. The van der Waals surface area contributed by atoms with Crippen LogP contribution in [0.3, 0.4) is 0 Å². The average Bonchev–Trinajstić information content (AvgIpc) is 2.98. The Bertz CT molecular complexity index is 479. The molecule has 0 aromatic carbocycles. The SMILES string of the molecule is Cc1csc(C(NC(=O)C2CCC(N)C2)C2CC2)n1.Cl.Cl. The third-order valence-electron chi connectivity index (χ3n) is 4.14. The Labute approximate surface area is 142 Å². The van der Waals surface area contributed by atoms with Crippen LogP contribution in [-0.4, -0.2) is 16.9 Å². The fraction of sp³-hybridized carbons (Fsp3) is 0.714. The second kappa shape index (κ2) is 7.77. The van der Waals surface area contributed by atoms with Crippen LogP contribution in [0, 0.1) is 18.8 Å². The first-order valence-electron chi connectivity index (χ1n) is 7.11. The Morgan fingerprint density at radius 1 is 1.38 bits per heavy atom. The molecule has 1 aromatic rings. The number of hydrogen-bond donors (Lipinski definition) is 2. The van der Waals surface area contributed by atoms with E-state index in [0.717, 1.165) is 30.0 Å². The second-order valence-corrected chi connectivity index (χ2v) is 6.81. The van der Waals surface area contributed by atoms with Crippen LogP contribution in [0.4, 0.5) is 0 Å². The molecule has 120 valence electrons. The predicted molar refractivity (Wildman–Crippen MR) is 90.3 cm³/mol. The molecule has 0 bridgehead atoms. The minimum Gasteiger partial charge on any atom is -0.346 e. The lowest BCUT2D eigenvalue weighted by atomic mass is 10.1. The number of aryl methyl sites for hydroxylation is 1. The van der Waals surface area contributed by atoms with Crippen LogP contribution in [-0.2, 0) is 4.79 Å². The normalized spacial score (nSPS) is 25.6. The molecule has 4 nitrogen and oxygen atoms in total. The summed E-state index contributed by atoms with van der Waals surface area (Å²) in [6.45, 7) is 2.00. The van der Waals surface area contributed by atoms with Gasteiger partial charge in [0.05, 0.1) is 6.04 Å². The molecule has 1 aromatic heterocycles. The van der Waals surface area contributed by atoms with Crippen molar-refractivity contribution in [2.24, 2.45) is 17.6 Å². The fourth-order valence-corrected chi connectivity index (χ4v) is 3.79. The molecule has 0 spiro atoms. The zero-order valence-corrected chi connectivity index (χ0v) is 14.5. The number of amides is 1. The maximum Gasteiger partial charge on any atom is 0.223 e. The molecular formula is C14H23Cl2N3OS. The van der Waals surface area contributed by atoms with Crippen molar-refractivity contribution in [2.75, 3.05) is 0 Å². The number of carbonyl (C=O) groups is 1. The van der Waals surface area contributed by atoms with Crippen molar-refractivity contribution in [2.45, 2.75) is 51.1 Å². The van der Waals surface area contributed by atoms with Crippen LogP contribution in [0.1, 0.15) is 48.8 Å². The fourth-order valence-electron chi connectivity index (χ4n) is 2.85. The highest BCUT2D eigenvalue weighted by Crippen LogP contribution is 2.42. The molecule has 3 N–H and O–H groups in total. The van der Waals surface area contributed by atoms with Crippen LogP contribution >= 0.6 is 36.2 Å². The summed E-state index contributed by atoms with van der Waals surface area (Å²) in [6, 6.07) is 0.334. The quantitative estimate of drug-likeness (QED) is 0.875. The lowest BCUT2D eigenvalue weighted by Gasteiger charge is -2.18. The summed E-state index contributed by atoms with van der Waals surface area (Å²) in [5.74, 6) is 0.875. The molecule has 3 unspecified atom stereocenters. The Balaban J connectivity index is 0.00000110. The Morgan fingerprint density at radius 2 is 2.10 bits per heavy atom. The summed E-state index contributed by atoms with van der Waals surface area (Å²) in [4.78, 5) is 16.9. The Kier molecular flexibility index (Phi) is 6.91. The molecule has 3 rings (SSSR count). The minimum absolute atomic E-state index is 0. The molecule has 7 heteroatoms. The van der Waals surface area contributed by atoms with Crippen molar-refractivity contribution in [3.63, 3.8) is 0 Å². The van der Waals surface area contributed by atoms with Gasteiger partial charge in [-0.15, -0.1) is 36.2 Å². The van der Waals surface area contributed by atoms with E-state index >= 15 is 0 Å². The maximum absolute atomic E-state index is 12.3. The van der Waals surface area contributed by atoms with Crippen molar-refractivity contribution in [3.05, 3.63) is 16.1 Å². The number of aromatic nitrogens is 1. The summed E-state index contributed by atoms with van der Waals surface area (Å²) in [5, 5.41) is 6.35. The molecule has 1 heterocycles. The highest BCUT2D eigenvalue weighted by Gasteiger charge is 2.37. The van der Waals surface area contributed by atoms with E-state index in [2.05, 4.69) is 15.7 Å². The summed E-state index contributed by atoms with van der Waals surface area (Å²) in [7, 11) is 0. The number of nitrogens with two attached hydrogens (primary N) is 1. The molecule has 0 radical (unpaired) electrons. The van der Waals surface area contributed by atoms with Gasteiger partial charge in [0.1, 0.15) is 5.01 Å². The van der Waals surface area contributed by atoms with Crippen LogP contribution in [0.15, 0.2) is 5.38 Å². The first kappa shape index (κ1) is 18.7. The van der Waals surface area contributed by atoms with Crippen molar-refractivity contribution in [3.8, 4) is 0 Å². The molecule has 21 heavy (non-hydrogen) atoms. The van der Waals surface area contributed by atoms with Gasteiger partial charge in [0.2, 0.25) is 5.91 Å². The molecule has 0 aliphatic heterocycles. The molecule has 2 fully saturated rings. The molecule has 2 aliphatic rings. The summed E-state index contributed by atoms with van der Waals surface area (Å²) in [6.07, 6.45) is 5.14. The third kappa shape index (κ3) is 4.55. The van der Waals surface area contributed by atoms with Crippen LogP contribution < -0.4 is 11.1 Å². The predicted octanol–water partition coefficient (Wildman–Crippen LogP) is 2.99. The number of thiazole rings is 1. The van der Waals surface area contributed by atoms with E-state index in [1.54, 1.807) is 11.3 Å². The van der Waals surface area contributed by atoms with Gasteiger partial charge in [-0.3, -0.25) is 4.79 Å². The number of hydrogen-bond acceptors (Lipinski definition) is 4. The van der Waals surface area contributed by atoms with Crippen molar-refractivity contribution in [1.29, 1.82) is 0 Å². The van der Waals surface area contributed by atoms with Crippen molar-refractivity contribution in [1.82, 2.24) is 10.3 Å². The Hall–Kier alpha value is -0.360. The van der Waals surface area contributed by atoms with Gasteiger partial charge in [-0.1, -0.05) is 0 Å². The van der Waals surface area contributed by atoms with Crippen molar-refractivity contribution < 1.29 is 4.79 Å². The lowest BCUT2D eigenvalue weighted by molar-refractivity contribution is -0.125. The van der Waals surface area contributed by atoms with E-state index in [4.69, 9.17) is 5.73 Å². The molecule has 3 atom stereocenters. The lowest BCUT2D eigenvalue weighted by Crippen LogP contribution is -2.34.